The summed E-state index contributed by atoms with van der Waals surface area (Å²) < 4.78 is 34.7. The first-order valence-corrected chi connectivity index (χ1v) is 15.1. The molecule has 10 heteroatoms. The number of methoxy groups -OCH3 is 1. The number of amides is 2. The van der Waals surface area contributed by atoms with E-state index in [1.54, 1.807) is 48.5 Å². The average molecular weight is 525 g/mol. The van der Waals surface area contributed by atoms with Gasteiger partial charge in [0.2, 0.25) is 5.91 Å². The van der Waals surface area contributed by atoms with Crippen molar-refractivity contribution in [2.45, 2.75) is 25.7 Å². The molecule has 0 bridgehead atoms. The van der Waals surface area contributed by atoms with E-state index in [4.69, 9.17) is 10.1 Å². The van der Waals surface area contributed by atoms with E-state index in [0.717, 1.165) is 18.3 Å². The third-order valence-electron chi connectivity index (χ3n) is 5.69. The van der Waals surface area contributed by atoms with Crippen molar-refractivity contribution in [2.75, 3.05) is 24.3 Å². The number of para-hydroxylation sites is 1. The van der Waals surface area contributed by atoms with E-state index in [1.807, 2.05) is 19.6 Å². The smallest absolute Gasteiger partial charge is 0.251 e. The summed E-state index contributed by atoms with van der Waals surface area (Å²) in [5.41, 5.74) is 1.29. The molecule has 3 aromatic carbocycles. The molecular weight excluding hydrogens is 494 g/mol. The summed E-state index contributed by atoms with van der Waals surface area (Å²) in [5, 5.41) is 15.8. The molecule has 7 nitrogen and oxygen atoms in total. The fraction of sp³-hybridized carbons (Fsp3) is 0.222. The number of hydrogen-bond acceptors (Lipinski definition) is 5. The zero-order valence-corrected chi connectivity index (χ0v) is 22.1. The maximum absolute atomic E-state index is 14.8. The van der Waals surface area contributed by atoms with Crippen LogP contribution >= 0.6 is 0 Å². The summed E-state index contributed by atoms with van der Waals surface area (Å²) in [5.74, 6) is -2.05. The number of ether oxygens (including phenoxy) is 1. The van der Waals surface area contributed by atoms with Gasteiger partial charge < -0.3 is 26.1 Å². The maximum Gasteiger partial charge on any atom is 0.251 e. The first-order valence-electron chi connectivity index (χ1n) is 11.6. The molecule has 0 radical (unpaired) electrons. The van der Waals surface area contributed by atoms with Crippen LogP contribution in [0.25, 0.3) is 0 Å². The number of rotatable bonds is 10. The van der Waals surface area contributed by atoms with Crippen molar-refractivity contribution in [3.8, 4) is 5.75 Å². The van der Waals surface area contributed by atoms with Crippen LogP contribution in [0, 0.1) is 17.0 Å². The van der Waals surface area contributed by atoms with Crippen LogP contribution in [0.4, 0.5) is 20.2 Å². The molecule has 3 aromatic rings. The van der Waals surface area contributed by atoms with Crippen LogP contribution in [-0.2, 0) is 9.59 Å². The fourth-order valence-corrected chi connectivity index (χ4v) is 5.04. The normalized spacial score (nSPS) is 11.8. The van der Waals surface area contributed by atoms with Gasteiger partial charge in [0.1, 0.15) is 23.4 Å². The van der Waals surface area contributed by atoms with Crippen LogP contribution in [0.5, 0.6) is 5.75 Å². The third-order valence-corrected chi connectivity index (χ3v) is 7.69. The Balaban J connectivity index is 1.83. The lowest BCUT2D eigenvalue weighted by atomic mass is 10.1. The molecule has 0 fully saturated rings. The molecule has 0 saturated carbocycles. The number of halogens is 2. The Hall–Kier alpha value is -4.05. The highest BCUT2D eigenvalue weighted by atomic mass is 28.3. The summed E-state index contributed by atoms with van der Waals surface area (Å²) in [6, 6.07) is 14.4. The van der Waals surface area contributed by atoms with Gasteiger partial charge in [-0.3, -0.25) is 9.59 Å². The van der Waals surface area contributed by atoms with Crippen LogP contribution in [-0.4, -0.2) is 39.8 Å². The Morgan fingerprint density at radius 1 is 1.00 bits per heavy atom. The molecular formula is C27H30F2N4O3Si. The van der Waals surface area contributed by atoms with Crippen molar-refractivity contribution >= 4 is 42.7 Å². The number of hydrogen-bond donors (Lipinski definition) is 4. The van der Waals surface area contributed by atoms with Gasteiger partial charge in [-0.2, -0.15) is 0 Å². The Morgan fingerprint density at radius 2 is 1.68 bits per heavy atom. The van der Waals surface area contributed by atoms with Crippen molar-refractivity contribution in [3.63, 3.8) is 0 Å². The van der Waals surface area contributed by atoms with Crippen LogP contribution in [0.2, 0.25) is 19.6 Å². The lowest BCUT2D eigenvalue weighted by Gasteiger charge is -2.21. The number of benzene rings is 3. The monoisotopic (exact) mass is 524 g/mol. The minimum Gasteiger partial charge on any atom is -0.497 e. The third kappa shape index (κ3) is 7.01. The van der Waals surface area contributed by atoms with Gasteiger partial charge in [-0.1, -0.05) is 50.0 Å². The van der Waals surface area contributed by atoms with E-state index in [1.165, 1.54) is 7.11 Å². The highest BCUT2D eigenvalue weighted by Gasteiger charge is 2.27. The fourth-order valence-electron chi connectivity index (χ4n) is 3.69. The number of anilines is 2. The lowest BCUT2D eigenvalue weighted by Crippen LogP contribution is -2.41. The summed E-state index contributed by atoms with van der Waals surface area (Å²) in [6.07, 6.45) is 1.16. The van der Waals surface area contributed by atoms with Crippen LogP contribution in [0.1, 0.15) is 17.2 Å². The van der Waals surface area contributed by atoms with Gasteiger partial charge in [0.05, 0.1) is 27.4 Å². The van der Waals surface area contributed by atoms with Gasteiger partial charge in [-0.05, 0) is 35.0 Å². The summed E-state index contributed by atoms with van der Waals surface area (Å²) in [4.78, 5) is 26.0. The lowest BCUT2D eigenvalue weighted by molar-refractivity contribution is -0.125. The van der Waals surface area contributed by atoms with Gasteiger partial charge in [0.15, 0.2) is 0 Å². The zero-order chi connectivity index (χ0) is 27.2. The minimum absolute atomic E-state index is 0.182. The SMILES string of the molecule is COc1ccc(C(NC(=O)CNc2ccccc2C=N)C(=O)Nc2cc(F)c([Si](C)(C)C)cc2F)cc1. The number of nitrogens with one attached hydrogen (secondary N) is 4. The quantitative estimate of drug-likeness (QED) is 0.233. The van der Waals surface area contributed by atoms with Crippen molar-refractivity contribution < 1.29 is 23.1 Å². The highest BCUT2D eigenvalue weighted by Crippen LogP contribution is 2.22. The second-order valence-electron chi connectivity index (χ2n) is 9.41. The van der Waals surface area contributed by atoms with E-state index in [-0.39, 0.29) is 12.2 Å². The maximum atomic E-state index is 14.8. The Morgan fingerprint density at radius 3 is 2.30 bits per heavy atom. The summed E-state index contributed by atoms with van der Waals surface area (Å²) in [6.45, 7) is 5.51. The van der Waals surface area contributed by atoms with Crippen molar-refractivity contribution in [1.82, 2.24) is 5.32 Å². The van der Waals surface area contributed by atoms with Gasteiger partial charge >= 0.3 is 0 Å². The van der Waals surface area contributed by atoms with Crippen molar-refractivity contribution in [1.29, 1.82) is 5.41 Å². The van der Waals surface area contributed by atoms with E-state index in [2.05, 4.69) is 16.0 Å². The Labute approximate surface area is 215 Å². The molecule has 3 rings (SSSR count). The molecule has 194 valence electrons. The zero-order valence-electron chi connectivity index (χ0n) is 21.1. The van der Waals surface area contributed by atoms with Gasteiger partial charge in [-0.15, -0.1) is 0 Å². The standard InChI is InChI=1S/C27H30F2N4O3Si/c1-36-19-11-9-17(10-12-19)26(33-25(34)16-31-22-8-6-5-7-18(22)15-30)27(35)32-23-13-21(29)24(14-20(23)28)37(2,3)4/h5-15,26,30-31H,16H2,1-4H3,(H,32,35)(H,33,34). The molecule has 2 amide bonds. The second-order valence-corrected chi connectivity index (χ2v) is 14.4. The topological polar surface area (TPSA) is 103 Å². The van der Waals surface area contributed by atoms with E-state index < -0.39 is 37.6 Å². The molecule has 1 atom stereocenters. The largest absolute Gasteiger partial charge is 0.497 e. The Bertz CT molecular complexity index is 1290. The van der Waals surface area contributed by atoms with Gasteiger partial charge in [-0.25, -0.2) is 8.78 Å². The van der Waals surface area contributed by atoms with Crippen molar-refractivity contribution in [2.24, 2.45) is 0 Å². The van der Waals surface area contributed by atoms with Gasteiger partial charge in [0.25, 0.3) is 5.91 Å². The molecule has 0 aliphatic rings. The molecule has 0 aliphatic carbocycles. The molecule has 37 heavy (non-hydrogen) atoms. The second kappa shape index (κ2) is 11.8. The predicted octanol–water partition coefficient (Wildman–Crippen LogP) is 4.42. The minimum atomic E-state index is -2.14. The molecule has 1 unspecified atom stereocenters. The summed E-state index contributed by atoms with van der Waals surface area (Å²) in [7, 11) is -0.639. The number of carbonyl (C=O) groups is 2. The predicted molar refractivity (Wildman–Crippen MR) is 145 cm³/mol. The highest BCUT2D eigenvalue weighted by molar-refractivity contribution is 6.88. The molecule has 0 heterocycles. The van der Waals surface area contributed by atoms with E-state index >= 15 is 0 Å². The molecule has 0 aliphatic heterocycles. The van der Waals surface area contributed by atoms with Crippen LogP contribution in [0.3, 0.4) is 0 Å². The van der Waals surface area contributed by atoms with Crippen LogP contribution < -0.4 is 25.9 Å². The molecule has 0 saturated heterocycles. The van der Waals surface area contributed by atoms with E-state index in [9.17, 15) is 18.4 Å². The first kappa shape index (κ1) is 27.5. The van der Waals surface area contributed by atoms with Crippen LogP contribution in [0.15, 0.2) is 60.7 Å². The number of carbonyl (C=O) groups excluding carboxylic acids is 2. The first-order chi connectivity index (χ1) is 17.5. The molecule has 0 aromatic heterocycles. The van der Waals surface area contributed by atoms with Gasteiger partial charge in [0, 0.05) is 23.5 Å². The van der Waals surface area contributed by atoms with E-state index in [0.29, 0.717) is 27.8 Å². The Kier molecular flexibility index (Phi) is 8.77. The van der Waals surface area contributed by atoms with Crippen molar-refractivity contribution in [3.05, 3.63) is 83.4 Å². The average Bonchev–Trinajstić information content (AvgIpc) is 2.87. The molecule has 0 spiro atoms. The summed E-state index contributed by atoms with van der Waals surface area (Å²) >= 11 is 0. The molecule has 4 N–H and O–H groups in total.